The molecule has 0 spiro atoms. The Kier molecular flexibility index (Phi) is 7.56. The van der Waals surface area contributed by atoms with Crippen molar-refractivity contribution in [2.24, 2.45) is 5.92 Å². The number of hydrogen-bond donors (Lipinski definition) is 0. The maximum absolute atomic E-state index is 12.9. The number of likely N-dealkylation sites (tertiary alicyclic amines) is 1. The fraction of sp³-hybridized carbons (Fsp3) is 0.762. The van der Waals surface area contributed by atoms with Crippen LogP contribution in [0.1, 0.15) is 77.6 Å². The summed E-state index contributed by atoms with van der Waals surface area (Å²) in [6.07, 6.45) is 14.2. The van der Waals surface area contributed by atoms with Crippen molar-refractivity contribution in [1.82, 2.24) is 4.90 Å². The molecule has 1 saturated heterocycles. The molecule has 0 unspecified atom stereocenters. The third-order valence-electron chi connectivity index (χ3n) is 6.07. The van der Waals surface area contributed by atoms with Gasteiger partial charge in [-0.1, -0.05) is 69.7 Å². The van der Waals surface area contributed by atoms with Gasteiger partial charge >= 0.3 is 0 Å². The van der Waals surface area contributed by atoms with Gasteiger partial charge in [-0.15, -0.1) is 6.58 Å². The molecule has 3 atom stereocenters. The van der Waals surface area contributed by atoms with Crippen LogP contribution in [0.2, 0.25) is 0 Å². The number of piperidine rings is 1. The number of fused-ring (bicyclic) bond motifs is 1. The zero-order chi connectivity index (χ0) is 17.6. The molecule has 3 heteroatoms. The highest BCUT2D eigenvalue weighted by atomic mass is 35.5. The second-order valence-electron chi connectivity index (χ2n) is 7.71. The summed E-state index contributed by atoms with van der Waals surface area (Å²) in [7, 11) is 0. The highest BCUT2D eigenvalue weighted by Crippen LogP contribution is 2.48. The maximum atomic E-state index is 12.9. The molecule has 0 bridgehead atoms. The van der Waals surface area contributed by atoms with Crippen molar-refractivity contribution in [3.63, 3.8) is 0 Å². The van der Waals surface area contributed by atoms with Crippen LogP contribution in [0.3, 0.4) is 0 Å². The predicted molar refractivity (Wildman–Crippen MR) is 103 cm³/mol. The molecule has 1 heterocycles. The van der Waals surface area contributed by atoms with Crippen LogP contribution in [0.25, 0.3) is 0 Å². The average Bonchev–Trinajstić information content (AvgIpc) is 2.55. The number of nitrogens with zero attached hydrogens (tertiary/aromatic N) is 1. The fourth-order valence-electron chi connectivity index (χ4n) is 5.02. The summed E-state index contributed by atoms with van der Waals surface area (Å²) in [5.74, 6) is 0.639. The molecular formula is C21H34ClNO. The van der Waals surface area contributed by atoms with Gasteiger partial charge in [0.1, 0.15) is 5.78 Å². The van der Waals surface area contributed by atoms with E-state index in [9.17, 15) is 4.79 Å². The van der Waals surface area contributed by atoms with Crippen molar-refractivity contribution in [3.8, 4) is 0 Å². The molecule has 0 amide bonds. The van der Waals surface area contributed by atoms with Gasteiger partial charge in [-0.25, -0.2) is 0 Å². The van der Waals surface area contributed by atoms with Crippen LogP contribution in [-0.2, 0) is 4.79 Å². The van der Waals surface area contributed by atoms with Crippen LogP contribution in [0.15, 0.2) is 24.3 Å². The standard InChI is InChI=1S/C21H34ClNO/c1-4-6-7-8-11-18-15-20(24)19-12-9-10-14-21(19,13-5-2)23(18)16-17(3)22/h5,18-19H,2-4,6-16H2,1H3/t18-,19-,21-/m0/s1. The van der Waals surface area contributed by atoms with Gasteiger partial charge in [0.05, 0.1) is 0 Å². The molecule has 2 aliphatic rings. The number of ketones is 1. The first kappa shape index (κ1) is 19.7. The van der Waals surface area contributed by atoms with E-state index in [2.05, 4.69) is 25.0 Å². The Hall–Kier alpha value is -0.600. The van der Waals surface area contributed by atoms with Crippen molar-refractivity contribution < 1.29 is 4.79 Å². The lowest BCUT2D eigenvalue weighted by atomic mass is 9.63. The Labute approximate surface area is 153 Å². The molecule has 2 fully saturated rings. The summed E-state index contributed by atoms with van der Waals surface area (Å²) in [5.41, 5.74) is -0.0669. The highest BCUT2D eigenvalue weighted by Gasteiger charge is 2.53. The third-order valence-corrected chi connectivity index (χ3v) is 6.19. The molecule has 24 heavy (non-hydrogen) atoms. The summed E-state index contributed by atoms with van der Waals surface area (Å²) in [6, 6.07) is 0.319. The molecule has 1 aliphatic carbocycles. The lowest BCUT2D eigenvalue weighted by molar-refractivity contribution is -0.143. The van der Waals surface area contributed by atoms with Crippen LogP contribution >= 0.6 is 11.6 Å². The second-order valence-corrected chi connectivity index (χ2v) is 8.25. The molecule has 136 valence electrons. The second kappa shape index (κ2) is 9.20. The number of carbonyl (C=O) groups is 1. The van der Waals surface area contributed by atoms with E-state index >= 15 is 0 Å². The zero-order valence-corrected chi connectivity index (χ0v) is 16.1. The minimum atomic E-state index is -0.0669. The van der Waals surface area contributed by atoms with E-state index in [0.717, 1.165) is 25.7 Å². The zero-order valence-electron chi connectivity index (χ0n) is 15.4. The Morgan fingerprint density at radius 3 is 2.83 bits per heavy atom. The SMILES string of the molecule is C=CC[C@]12CCCC[C@H]1C(=O)C[C@H](CCCCCC)N2CC(=C)Cl. The van der Waals surface area contributed by atoms with Crippen LogP contribution in [0.4, 0.5) is 0 Å². The van der Waals surface area contributed by atoms with E-state index in [4.69, 9.17) is 11.6 Å². The molecule has 0 radical (unpaired) electrons. The van der Waals surface area contributed by atoms with Gasteiger partial charge in [0.25, 0.3) is 0 Å². The lowest BCUT2D eigenvalue weighted by Crippen LogP contribution is -2.65. The van der Waals surface area contributed by atoms with E-state index in [1.165, 1.54) is 38.5 Å². The van der Waals surface area contributed by atoms with Crippen molar-refractivity contribution in [2.45, 2.75) is 89.1 Å². The van der Waals surface area contributed by atoms with E-state index < -0.39 is 0 Å². The van der Waals surface area contributed by atoms with Gasteiger partial charge in [-0.05, 0) is 25.7 Å². The van der Waals surface area contributed by atoms with Crippen molar-refractivity contribution in [2.75, 3.05) is 6.54 Å². The van der Waals surface area contributed by atoms with Crippen LogP contribution in [-0.4, -0.2) is 28.8 Å². The maximum Gasteiger partial charge on any atom is 0.139 e. The lowest BCUT2D eigenvalue weighted by Gasteiger charge is -2.57. The Morgan fingerprint density at radius 1 is 1.38 bits per heavy atom. The Morgan fingerprint density at radius 2 is 2.17 bits per heavy atom. The number of rotatable bonds is 9. The van der Waals surface area contributed by atoms with E-state index in [-0.39, 0.29) is 11.5 Å². The summed E-state index contributed by atoms with van der Waals surface area (Å²) in [5, 5.41) is 0.690. The van der Waals surface area contributed by atoms with Gasteiger partial charge in [0, 0.05) is 35.5 Å². The first-order valence-electron chi connectivity index (χ1n) is 9.78. The van der Waals surface area contributed by atoms with Crippen LogP contribution in [0, 0.1) is 5.92 Å². The number of carbonyl (C=O) groups excluding carboxylic acids is 1. The topological polar surface area (TPSA) is 20.3 Å². The van der Waals surface area contributed by atoms with E-state index in [1.54, 1.807) is 0 Å². The van der Waals surface area contributed by atoms with E-state index in [0.29, 0.717) is 29.8 Å². The van der Waals surface area contributed by atoms with Crippen LogP contribution in [0.5, 0.6) is 0 Å². The van der Waals surface area contributed by atoms with Gasteiger partial charge in [-0.2, -0.15) is 0 Å². The molecule has 0 N–H and O–H groups in total. The average molecular weight is 352 g/mol. The number of Topliss-reactive ketones (excluding diaryl/α,β-unsaturated/α-hetero) is 1. The molecule has 1 saturated carbocycles. The molecule has 0 aromatic heterocycles. The van der Waals surface area contributed by atoms with Gasteiger partial charge in [0.2, 0.25) is 0 Å². The minimum Gasteiger partial charge on any atom is -0.299 e. The molecule has 0 aromatic rings. The Balaban J connectivity index is 2.24. The number of hydrogen-bond acceptors (Lipinski definition) is 2. The minimum absolute atomic E-state index is 0.0669. The predicted octanol–water partition coefficient (Wildman–Crippen LogP) is 5.86. The quantitative estimate of drug-likeness (QED) is 0.383. The van der Waals surface area contributed by atoms with E-state index in [1.807, 2.05) is 6.08 Å². The third kappa shape index (κ3) is 4.32. The first-order valence-corrected chi connectivity index (χ1v) is 10.2. The largest absolute Gasteiger partial charge is 0.299 e. The fourth-order valence-corrected chi connectivity index (χ4v) is 5.15. The number of halogens is 1. The summed E-state index contributed by atoms with van der Waals surface area (Å²) >= 11 is 6.24. The Bertz CT molecular complexity index is 461. The summed E-state index contributed by atoms with van der Waals surface area (Å²) in [6.45, 7) is 10.9. The van der Waals surface area contributed by atoms with Crippen molar-refractivity contribution in [3.05, 3.63) is 24.3 Å². The smallest absolute Gasteiger partial charge is 0.139 e. The summed E-state index contributed by atoms with van der Waals surface area (Å²) in [4.78, 5) is 15.5. The first-order chi connectivity index (χ1) is 11.5. The molecule has 2 rings (SSSR count). The normalized spacial score (nSPS) is 30.8. The summed E-state index contributed by atoms with van der Waals surface area (Å²) < 4.78 is 0. The molecule has 2 nitrogen and oxygen atoms in total. The van der Waals surface area contributed by atoms with Gasteiger partial charge in [-0.3, -0.25) is 9.69 Å². The highest BCUT2D eigenvalue weighted by molar-refractivity contribution is 6.29. The van der Waals surface area contributed by atoms with Gasteiger partial charge < -0.3 is 0 Å². The number of unbranched alkanes of at least 4 members (excludes halogenated alkanes) is 3. The monoisotopic (exact) mass is 351 g/mol. The molecule has 1 aliphatic heterocycles. The molecular weight excluding hydrogens is 318 g/mol. The van der Waals surface area contributed by atoms with Gasteiger partial charge in [0.15, 0.2) is 0 Å². The van der Waals surface area contributed by atoms with Crippen molar-refractivity contribution in [1.29, 1.82) is 0 Å². The molecule has 0 aromatic carbocycles. The van der Waals surface area contributed by atoms with Crippen LogP contribution < -0.4 is 0 Å². The van der Waals surface area contributed by atoms with Crippen molar-refractivity contribution >= 4 is 17.4 Å².